The maximum absolute atomic E-state index is 4.88. The fourth-order valence-corrected chi connectivity index (χ4v) is 3.42. The molecule has 0 aliphatic carbocycles. The average molecular weight is 300 g/mol. The highest BCUT2D eigenvalue weighted by atomic mass is 32.1. The van der Waals surface area contributed by atoms with Crippen LogP contribution < -0.4 is 5.32 Å². The lowest BCUT2D eigenvalue weighted by Crippen LogP contribution is -2.22. The van der Waals surface area contributed by atoms with Crippen molar-refractivity contribution in [1.29, 1.82) is 0 Å². The summed E-state index contributed by atoms with van der Waals surface area (Å²) in [4.78, 5) is 4.88. The van der Waals surface area contributed by atoms with E-state index in [9.17, 15) is 0 Å². The van der Waals surface area contributed by atoms with Gasteiger partial charge in [-0.15, -0.1) is 0 Å². The van der Waals surface area contributed by atoms with E-state index in [2.05, 4.69) is 53.2 Å². The number of hydrogen-bond acceptors (Lipinski definition) is 4. The van der Waals surface area contributed by atoms with Crippen LogP contribution in [0.1, 0.15) is 26.5 Å². The smallest absolute Gasteiger partial charge is 0.146 e. The number of benzene rings is 1. The van der Waals surface area contributed by atoms with Gasteiger partial charge in [0.2, 0.25) is 0 Å². The molecule has 1 N–H and O–H groups in total. The van der Waals surface area contributed by atoms with Gasteiger partial charge < -0.3 is 9.88 Å². The van der Waals surface area contributed by atoms with Crippen molar-refractivity contribution in [3.8, 4) is 11.4 Å². The second-order valence-corrected chi connectivity index (χ2v) is 6.93. The largest absolute Gasteiger partial charge is 0.378 e. The molecule has 0 fully saturated rings. The molecule has 5 heteroatoms. The molecule has 1 aromatic carbocycles. The van der Waals surface area contributed by atoms with Gasteiger partial charge in [-0.3, -0.25) is 0 Å². The van der Waals surface area contributed by atoms with Gasteiger partial charge in [0.05, 0.1) is 22.3 Å². The predicted molar refractivity (Wildman–Crippen MR) is 90.1 cm³/mol. The molecule has 2 heterocycles. The van der Waals surface area contributed by atoms with Gasteiger partial charge in [0.1, 0.15) is 10.8 Å². The molecule has 0 amide bonds. The van der Waals surface area contributed by atoms with Gasteiger partial charge >= 0.3 is 0 Å². The van der Waals surface area contributed by atoms with Crippen molar-refractivity contribution in [2.24, 2.45) is 0 Å². The topological polar surface area (TPSA) is 42.7 Å². The van der Waals surface area contributed by atoms with Crippen LogP contribution >= 0.6 is 11.5 Å². The van der Waals surface area contributed by atoms with Crippen molar-refractivity contribution in [2.45, 2.75) is 33.2 Å². The normalized spacial score (nSPS) is 12.0. The zero-order chi connectivity index (χ0) is 15.2. The number of imidazole rings is 1. The van der Waals surface area contributed by atoms with Crippen LogP contribution in [0.25, 0.3) is 22.4 Å². The van der Waals surface area contributed by atoms with Gasteiger partial charge in [0.15, 0.2) is 0 Å². The van der Waals surface area contributed by atoms with Crippen LogP contribution in [-0.2, 0) is 5.54 Å². The Kier molecular flexibility index (Phi) is 3.24. The average Bonchev–Trinajstić information content (AvgIpc) is 2.97. The molecule has 110 valence electrons. The molecule has 2 aromatic heterocycles. The summed E-state index contributed by atoms with van der Waals surface area (Å²) in [6.45, 7) is 8.66. The first-order valence-electron chi connectivity index (χ1n) is 7.06. The van der Waals surface area contributed by atoms with Crippen LogP contribution in [-0.4, -0.2) is 21.0 Å². The van der Waals surface area contributed by atoms with E-state index in [0.717, 1.165) is 33.1 Å². The summed E-state index contributed by atoms with van der Waals surface area (Å²) >= 11 is 1.49. The van der Waals surface area contributed by atoms with Crippen LogP contribution in [0.2, 0.25) is 0 Å². The van der Waals surface area contributed by atoms with Crippen molar-refractivity contribution in [1.82, 2.24) is 13.9 Å². The maximum Gasteiger partial charge on any atom is 0.146 e. The summed E-state index contributed by atoms with van der Waals surface area (Å²) in [5, 5.41) is 4.30. The molecule has 4 nitrogen and oxygen atoms in total. The summed E-state index contributed by atoms with van der Waals surface area (Å²) in [6.07, 6.45) is 0. The van der Waals surface area contributed by atoms with Crippen molar-refractivity contribution in [3.05, 3.63) is 30.0 Å². The lowest BCUT2D eigenvalue weighted by atomic mass is 10.1. The highest BCUT2D eigenvalue weighted by molar-refractivity contribution is 7.10. The highest BCUT2D eigenvalue weighted by Gasteiger charge is 2.25. The zero-order valence-corrected chi connectivity index (χ0v) is 13.9. The minimum atomic E-state index is -0.0508. The number of aryl methyl sites for hydroxylation is 1. The minimum absolute atomic E-state index is 0.0508. The van der Waals surface area contributed by atoms with Crippen molar-refractivity contribution in [2.75, 3.05) is 12.4 Å². The van der Waals surface area contributed by atoms with Gasteiger partial charge in [-0.25, -0.2) is 4.98 Å². The molecule has 0 saturated carbocycles. The molecule has 0 atom stereocenters. The third kappa shape index (κ3) is 2.21. The van der Waals surface area contributed by atoms with Crippen molar-refractivity contribution >= 4 is 27.6 Å². The summed E-state index contributed by atoms with van der Waals surface area (Å²) in [6, 6.07) is 8.29. The Hall–Kier alpha value is -1.88. The van der Waals surface area contributed by atoms with E-state index in [-0.39, 0.29) is 5.54 Å². The van der Waals surface area contributed by atoms with E-state index in [4.69, 9.17) is 4.98 Å². The van der Waals surface area contributed by atoms with Crippen LogP contribution in [0.4, 0.5) is 5.00 Å². The molecule has 3 aromatic rings. The number of aromatic nitrogens is 3. The number of hydrogen-bond donors (Lipinski definition) is 1. The van der Waals surface area contributed by atoms with Crippen molar-refractivity contribution in [3.63, 3.8) is 0 Å². The Balaban J connectivity index is 2.40. The van der Waals surface area contributed by atoms with E-state index < -0.39 is 0 Å². The van der Waals surface area contributed by atoms with Gasteiger partial charge in [0, 0.05) is 12.6 Å². The number of rotatable bonds is 2. The molecule has 0 spiro atoms. The molecular formula is C16H20N4S. The summed E-state index contributed by atoms with van der Waals surface area (Å²) in [5.41, 5.74) is 4.26. The molecule has 3 rings (SSSR count). The molecule has 0 bridgehead atoms. The minimum Gasteiger partial charge on any atom is -0.378 e. The van der Waals surface area contributed by atoms with Crippen molar-refractivity contribution < 1.29 is 0 Å². The summed E-state index contributed by atoms with van der Waals surface area (Å²) in [7, 11) is 1.93. The monoisotopic (exact) mass is 300 g/mol. The van der Waals surface area contributed by atoms with Gasteiger partial charge in [0.25, 0.3) is 0 Å². The molecule has 0 saturated heterocycles. The van der Waals surface area contributed by atoms with E-state index in [1.165, 1.54) is 11.5 Å². The van der Waals surface area contributed by atoms with Crippen LogP contribution in [0.3, 0.4) is 0 Å². The first kappa shape index (κ1) is 14.1. The molecule has 21 heavy (non-hydrogen) atoms. The second-order valence-electron chi connectivity index (χ2n) is 6.15. The number of para-hydroxylation sites is 2. The molecule has 0 aliphatic rings. The van der Waals surface area contributed by atoms with E-state index in [1.807, 2.05) is 20.0 Å². The lowest BCUT2D eigenvalue weighted by molar-refractivity contribution is 0.413. The number of fused-ring (bicyclic) bond motifs is 1. The Labute approximate surface area is 129 Å². The second kappa shape index (κ2) is 4.84. The molecule has 0 unspecified atom stereocenters. The maximum atomic E-state index is 4.88. The fourth-order valence-electron chi connectivity index (χ4n) is 2.68. The number of anilines is 1. The number of nitrogens with zero attached hydrogens (tertiary/aromatic N) is 3. The third-order valence-electron chi connectivity index (χ3n) is 3.55. The van der Waals surface area contributed by atoms with E-state index >= 15 is 0 Å². The van der Waals surface area contributed by atoms with Gasteiger partial charge in [-0.2, -0.15) is 4.37 Å². The van der Waals surface area contributed by atoms with E-state index in [0.29, 0.717) is 0 Å². The SMILES string of the molecule is CNc1snc(C)c1-c1nc2ccccc2n1C(C)(C)C. The highest BCUT2D eigenvalue weighted by Crippen LogP contribution is 2.38. The Morgan fingerprint density at radius 1 is 1.19 bits per heavy atom. The quantitative estimate of drug-likeness (QED) is 0.768. The molecular weight excluding hydrogens is 280 g/mol. The standard InChI is InChI=1S/C16H20N4S/c1-10-13(15(17-5)21-19-10)14-18-11-8-6-7-9-12(11)20(14)16(2,3)4/h6-9,17H,1-5H3. The summed E-state index contributed by atoms with van der Waals surface area (Å²) in [5.74, 6) is 0.985. The van der Waals surface area contributed by atoms with Gasteiger partial charge in [-0.1, -0.05) is 12.1 Å². The van der Waals surface area contributed by atoms with E-state index in [1.54, 1.807) is 0 Å². The fraction of sp³-hybridized carbons (Fsp3) is 0.375. The summed E-state index contributed by atoms with van der Waals surface area (Å²) < 4.78 is 6.79. The molecule has 0 aliphatic heterocycles. The third-order valence-corrected chi connectivity index (χ3v) is 4.50. The lowest BCUT2D eigenvalue weighted by Gasteiger charge is -2.25. The first-order valence-corrected chi connectivity index (χ1v) is 7.83. The van der Waals surface area contributed by atoms with Crippen LogP contribution in [0.15, 0.2) is 24.3 Å². The predicted octanol–water partition coefficient (Wildman–Crippen LogP) is 4.26. The van der Waals surface area contributed by atoms with Gasteiger partial charge in [-0.05, 0) is 51.4 Å². The molecule has 0 radical (unpaired) electrons. The Bertz CT molecular complexity index is 792. The first-order chi connectivity index (χ1) is 9.93. The van der Waals surface area contributed by atoms with Crippen LogP contribution in [0, 0.1) is 6.92 Å². The van der Waals surface area contributed by atoms with Crippen LogP contribution in [0.5, 0.6) is 0 Å². The Morgan fingerprint density at radius 3 is 2.57 bits per heavy atom. The number of nitrogens with one attached hydrogen (secondary N) is 1. The zero-order valence-electron chi connectivity index (χ0n) is 13.1. The Morgan fingerprint density at radius 2 is 1.90 bits per heavy atom.